The van der Waals surface area contributed by atoms with Gasteiger partial charge in [-0.3, -0.25) is 4.79 Å². The molecule has 4 rings (SSSR count). The van der Waals surface area contributed by atoms with Gasteiger partial charge in [-0.05, 0) is 48.9 Å². The van der Waals surface area contributed by atoms with Gasteiger partial charge in [-0.15, -0.1) is 11.3 Å². The molecule has 0 aliphatic heterocycles. The van der Waals surface area contributed by atoms with Crippen molar-refractivity contribution in [3.8, 4) is 11.3 Å². The van der Waals surface area contributed by atoms with E-state index in [-0.39, 0.29) is 5.91 Å². The first-order chi connectivity index (χ1) is 14.1. The summed E-state index contributed by atoms with van der Waals surface area (Å²) in [4.78, 5) is 16.9. The number of hydrogen-bond donors (Lipinski definition) is 2. The van der Waals surface area contributed by atoms with E-state index in [0.29, 0.717) is 5.56 Å². The first kappa shape index (κ1) is 19.2. The zero-order valence-corrected chi connectivity index (χ0v) is 17.2. The van der Waals surface area contributed by atoms with Crippen molar-refractivity contribution in [1.82, 2.24) is 4.98 Å². The predicted molar refractivity (Wildman–Crippen MR) is 121 cm³/mol. The molecule has 1 heterocycles. The summed E-state index contributed by atoms with van der Waals surface area (Å²) in [6.45, 7) is 1.97. The molecule has 0 aliphatic carbocycles. The quantitative estimate of drug-likeness (QED) is 0.375. The third kappa shape index (κ3) is 4.65. The van der Waals surface area contributed by atoms with Crippen LogP contribution in [0.1, 0.15) is 15.9 Å². The van der Waals surface area contributed by atoms with Crippen LogP contribution in [0.4, 0.5) is 16.5 Å². The van der Waals surface area contributed by atoms with Crippen LogP contribution >= 0.6 is 22.9 Å². The Morgan fingerprint density at radius 1 is 0.966 bits per heavy atom. The van der Waals surface area contributed by atoms with Crippen molar-refractivity contribution in [3.63, 3.8) is 0 Å². The van der Waals surface area contributed by atoms with E-state index in [1.54, 1.807) is 12.1 Å². The first-order valence-corrected chi connectivity index (χ1v) is 10.3. The van der Waals surface area contributed by atoms with Gasteiger partial charge in [0.05, 0.1) is 5.69 Å². The van der Waals surface area contributed by atoms with E-state index < -0.39 is 0 Å². The van der Waals surface area contributed by atoms with Crippen LogP contribution < -0.4 is 10.6 Å². The number of carbonyl (C=O) groups is 1. The summed E-state index contributed by atoms with van der Waals surface area (Å²) in [6.07, 6.45) is 0. The van der Waals surface area contributed by atoms with Crippen LogP contribution in [0.2, 0.25) is 5.02 Å². The average Bonchev–Trinajstić information content (AvgIpc) is 3.20. The van der Waals surface area contributed by atoms with E-state index in [1.807, 2.05) is 73.0 Å². The summed E-state index contributed by atoms with van der Waals surface area (Å²) >= 11 is 7.71. The van der Waals surface area contributed by atoms with Gasteiger partial charge in [-0.1, -0.05) is 48.0 Å². The van der Waals surface area contributed by atoms with Crippen molar-refractivity contribution in [2.45, 2.75) is 6.92 Å². The second-order valence-corrected chi connectivity index (χ2v) is 7.79. The van der Waals surface area contributed by atoms with Gasteiger partial charge in [0.1, 0.15) is 0 Å². The fourth-order valence-electron chi connectivity index (χ4n) is 2.77. The molecule has 0 unspecified atom stereocenters. The monoisotopic (exact) mass is 419 g/mol. The smallest absolute Gasteiger partial charge is 0.255 e. The van der Waals surface area contributed by atoms with Crippen LogP contribution in [-0.4, -0.2) is 10.9 Å². The van der Waals surface area contributed by atoms with Gasteiger partial charge in [0, 0.05) is 32.9 Å². The number of carbonyl (C=O) groups excluding carboxylic acids is 1. The Labute approximate surface area is 178 Å². The van der Waals surface area contributed by atoms with Crippen LogP contribution in [0, 0.1) is 6.92 Å². The van der Waals surface area contributed by atoms with Crippen LogP contribution in [0.3, 0.4) is 0 Å². The zero-order chi connectivity index (χ0) is 20.2. The summed E-state index contributed by atoms with van der Waals surface area (Å²) in [6, 6.07) is 22.6. The molecule has 0 spiro atoms. The summed E-state index contributed by atoms with van der Waals surface area (Å²) < 4.78 is 0. The van der Waals surface area contributed by atoms with Crippen molar-refractivity contribution in [2.75, 3.05) is 10.6 Å². The maximum absolute atomic E-state index is 12.3. The molecule has 0 aliphatic rings. The molecular formula is C23H18ClN3OS. The van der Waals surface area contributed by atoms with Crippen LogP contribution in [0.5, 0.6) is 0 Å². The number of benzene rings is 3. The van der Waals surface area contributed by atoms with Gasteiger partial charge in [-0.2, -0.15) is 0 Å². The molecule has 4 nitrogen and oxygen atoms in total. The molecule has 6 heteroatoms. The Bertz CT molecular complexity index is 1140. The molecule has 0 fully saturated rings. The zero-order valence-electron chi connectivity index (χ0n) is 15.6. The summed E-state index contributed by atoms with van der Waals surface area (Å²) in [5.41, 5.74) is 5.16. The summed E-state index contributed by atoms with van der Waals surface area (Å²) in [5.74, 6) is -0.129. The molecule has 0 saturated carbocycles. The van der Waals surface area contributed by atoms with Crippen molar-refractivity contribution < 1.29 is 4.79 Å². The lowest BCUT2D eigenvalue weighted by Gasteiger charge is -2.06. The third-order valence-electron chi connectivity index (χ3n) is 4.40. The second kappa shape index (κ2) is 8.47. The van der Waals surface area contributed by atoms with Crippen LogP contribution in [0.25, 0.3) is 11.3 Å². The molecule has 29 heavy (non-hydrogen) atoms. The fourth-order valence-corrected chi connectivity index (χ4v) is 3.70. The van der Waals surface area contributed by atoms with Crippen molar-refractivity contribution in [1.29, 1.82) is 0 Å². The Balaban J connectivity index is 1.44. The lowest BCUT2D eigenvalue weighted by atomic mass is 10.1. The van der Waals surface area contributed by atoms with E-state index in [4.69, 9.17) is 11.6 Å². The number of anilines is 3. The van der Waals surface area contributed by atoms with Gasteiger partial charge in [0.25, 0.3) is 5.91 Å². The average molecular weight is 420 g/mol. The number of nitrogens with one attached hydrogen (secondary N) is 2. The highest BCUT2D eigenvalue weighted by Crippen LogP contribution is 2.29. The minimum absolute atomic E-state index is 0.129. The highest BCUT2D eigenvalue weighted by Gasteiger charge is 2.08. The maximum atomic E-state index is 12.3. The van der Waals surface area contributed by atoms with Crippen molar-refractivity contribution in [2.24, 2.45) is 0 Å². The Morgan fingerprint density at radius 2 is 1.69 bits per heavy atom. The normalized spacial score (nSPS) is 10.6. The van der Waals surface area contributed by atoms with Gasteiger partial charge in [-0.25, -0.2) is 4.98 Å². The largest absolute Gasteiger partial charge is 0.331 e. The lowest BCUT2D eigenvalue weighted by molar-refractivity contribution is 0.102. The standard InChI is InChI=1S/C23H18ClN3OS/c1-15-7-10-19(13-20(15)24)26-23-27-21(14-29-23)16-8-11-18(12-9-16)25-22(28)17-5-3-2-4-6-17/h2-14H,1H3,(H,25,28)(H,26,27). The number of nitrogens with zero attached hydrogens (tertiary/aromatic N) is 1. The lowest BCUT2D eigenvalue weighted by Crippen LogP contribution is -2.11. The summed E-state index contributed by atoms with van der Waals surface area (Å²) in [5, 5.41) is 9.70. The van der Waals surface area contributed by atoms with Gasteiger partial charge >= 0.3 is 0 Å². The Kier molecular flexibility index (Phi) is 5.60. The topological polar surface area (TPSA) is 54.0 Å². The number of aromatic nitrogens is 1. The first-order valence-electron chi connectivity index (χ1n) is 9.04. The number of aryl methyl sites for hydroxylation is 1. The number of thiazole rings is 1. The van der Waals surface area contributed by atoms with Crippen molar-refractivity contribution in [3.05, 3.63) is 94.3 Å². The predicted octanol–water partition coefficient (Wildman–Crippen LogP) is 6.77. The van der Waals surface area contributed by atoms with E-state index >= 15 is 0 Å². The molecule has 1 amide bonds. The highest BCUT2D eigenvalue weighted by atomic mass is 35.5. The molecule has 0 atom stereocenters. The molecular weight excluding hydrogens is 402 g/mol. The van der Waals surface area contributed by atoms with E-state index in [9.17, 15) is 4.79 Å². The number of amides is 1. The van der Waals surface area contributed by atoms with Crippen molar-refractivity contribution >= 4 is 45.4 Å². The molecule has 4 aromatic rings. The number of rotatable bonds is 5. The molecule has 144 valence electrons. The van der Waals surface area contributed by atoms with E-state index in [0.717, 1.165) is 38.3 Å². The molecule has 2 N–H and O–H groups in total. The third-order valence-corrected chi connectivity index (χ3v) is 5.57. The second-order valence-electron chi connectivity index (χ2n) is 6.52. The van der Waals surface area contributed by atoms with Gasteiger partial charge < -0.3 is 10.6 Å². The highest BCUT2D eigenvalue weighted by molar-refractivity contribution is 7.14. The fraction of sp³-hybridized carbons (Fsp3) is 0.0435. The van der Waals surface area contributed by atoms with E-state index in [2.05, 4.69) is 15.6 Å². The Morgan fingerprint density at radius 3 is 2.41 bits per heavy atom. The molecule has 0 radical (unpaired) electrons. The van der Waals surface area contributed by atoms with E-state index in [1.165, 1.54) is 11.3 Å². The number of halogens is 1. The van der Waals surface area contributed by atoms with Gasteiger partial charge in [0.15, 0.2) is 5.13 Å². The minimum atomic E-state index is -0.129. The van der Waals surface area contributed by atoms with Crippen LogP contribution in [-0.2, 0) is 0 Å². The SMILES string of the molecule is Cc1ccc(Nc2nc(-c3ccc(NC(=O)c4ccccc4)cc3)cs2)cc1Cl. The minimum Gasteiger partial charge on any atom is -0.331 e. The summed E-state index contributed by atoms with van der Waals surface area (Å²) in [7, 11) is 0. The molecule has 1 aromatic heterocycles. The van der Waals surface area contributed by atoms with Gasteiger partial charge in [0.2, 0.25) is 0 Å². The molecule has 0 saturated heterocycles. The molecule has 3 aromatic carbocycles. The van der Waals surface area contributed by atoms with Crippen LogP contribution in [0.15, 0.2) is 78.2 Å². The molecule has 0 bridgehead atoms. The Hall–Kier alpha value is -3.15. The number of hydrogen-bond acceptors (Lipinski definition) is 4. The maximum Gasteiger partial charge on any atom is 0.255 e.